The summed E-state index contributed by atoms with van der Waals surface area (Å²) >= 11 is 0. The van der Waals surface area contributed by atoms with Gasteiger partial charge in [-0.2, -0.15) is 0 Å². The maximum Gasteiger partial charge on any atom is 0.127 e. The molecule has 0 bridgehead atoms. The van der Waals surface area contributed by atoms with Crippen LogP contribution in [0.5, 0.6) is 11.5 Å². The average Bonchev–Trinajstić information content (AvgIpc) is 3.24. The summed E-state index contributed by atoms with van der Waals surface area (Å²) in [5, 5.41) is 21.8. The van der Waals surface area contributed by atoms with Crippen LogP contribution >= 0.6 is 0 Å². The molecule has 4 heteroatoms. The van der Waals surface area contributed by atoms with Crippen molar-refractivity contribution in [3.63, 3.8) is 0 Å². The van der Waals surface area contributed by atoms with Gasteiger partial charge >= 0.3 is 0 Å². The van der Waals surface area contributed by atoms with Gasteiger partial charge < -0.3 is 10.2 Å². The third kappa shape index (κ3) is 6.34. The van der Waals surface area contributed by atoms with E-state index in [0.717, 1.165) is 41.5 Å². The Balaban J connectivity index is 1.88. The van der Waals surface area contributed by atoms with E-state index in [9.17, 15) is 10.2 Å². The molecular formula is C31H44N2O2. The molecule has 4 nitrogen and oxygen atoms in total. The van der Waals surface area contributed by atoms with E-state index in [1.54, 1.807) is 0 Å². The van der Waals surface area contributed by atoms with Gasteiger partial charge in [-0.25, -0.2) is 0 Å². The number of nitrogens with zero attached hydrogens (tertiary/aromatic N) is 2. The van der Waals surface area contributed by atoms with E-state index < -0.39 is 0 Å². The highest BCUT2D eigenvalue weighted by Crippen LogP contribution is 2.34. The van der Waals surface area contributed by atoms with Crippen LogP contribution in [0.3, 0.4) is 0 Å². The van der Waals surface area contributed by atoms with Crippen molar-refractivity contribution in [3.05, 3.63) is 57.6 Å². The van der Waals surface area contributed by atoms with Gasteiger partial charge in [-0.1, -0.05) is 67.5 Å². The van der Waals surface area contributed by atoms with Gasteiger partial charge in [-0.05, 0) is 77.3 Å². The van der Waals surface area contributed by atoms with Gasteiger partial charge in [0.1, 0.15) is 11.5 Å². The Morgan fingerprint density at radius 2 is 1.00 bits per heavy atom. The fraction of sp³-hybridized carbons (Fsp3) is 0.548. The van der Waals surface area contributed by atoms with Gasteiger partial charge in [0.15, 0.2) is 0 Å². The van der Waals surface area contributed by atoms with E-state index in [1.807, 2.05) is 12.4 Å². The summed E-state index contributed by atoms with van der Waals surface area (Å²) in [6.07, 6.45) is 6.73. The van der Waals surface area contributed by atoms with Crippen LogP contribution in [-0.4, -0.2) is 34.7 Å². The Kier molecular flexibility index (Phi) is 8.79. The quantitative estimate of drug-likeness (QED) is 0.378. The lowest BCUT2D eigenvalue weighted by Gasteiger charge is -2.17. The van der Waals surface area contributed by atoms with Crippen LogP contribution < -0.4 is 0 Å². The minimum atomic E-state index is 0.0795. The number of benzene rings is 2. The summed E-state index contributed by atoms with van der Waals surface area (Å²) in [5.74, 6) is 1.93. The molecule has 0 radical (unpaired) electrons. The Hall–Kier alpha value is -2.62. The van der Waals surface area contributed by atoms with Crippen LogP contribution in [0.25, 0.3) is 0 Å². The molecule has 190 valence electrons. The second kappa shape index (κ2) is 11.4. The number of hydrogen-bond donors (Lipinski definition) is 2. The second-order valence-electron chi connectivity index (χ2n) is 11.3. The first-order valence-electron chi connectivity index (χ1n) is 13.3. The second-order valence-corrected chi connectivity index (χ2v) is 11.3. The zero-order chi connectivity index (χ0) is 25.9. The maximum atomic E-state index is 10.9. The number of hydrogen-bond acceptors (Lipinski definition) is 4. The molecule has 0 heterocycles. The molecule has 35 heavy (non-hydrogen) atoms. The number of aromatic hydroxyl groups is 2. The molecule has 1 fully saturated rings. The fourth-order valence-electron chi connectivity index (χ4n) is 4.77. The Labute approximate surface area is 212 Å². The Morgan fingerprint density at radius 1 is 0.629 bits per heavy atom. The number of phenolic OH excluding ortho intramolecular Hbond substituents is 2. The van der Waals surface area contributed by atoms with Gasteiger partial charge in [-0.3, -0.25) is 9.98 Å². The number of rotatable bonds is 8. The predicted molar refractivity (Wildman–Crippen MR) is 149 cm³/mol. The molecule has 1 saturated carbocycles. The van der Waals surface area contributed by atoms with Crippen LogP contribution in [0.15, 0.2) is 34.3 Å². The molecule has 1 aliphatic rings. The van der Waals surface area contributed by atoms with E-state index in [2.05, 4.69) is 79.7 Å². The largest absolute Gasteiger partial charge is 0.507 e. The van der Waals surface area contributed by atoms with Gasteiger partial charge in [0.25, 0.3) is 0 Å². The molecule has 2 aromatic carbocycles. The van der Waals surface area contributed by atoms with E-state index in [-0.39, 0.29) is 23.9 Å². The molecule has 2 aromatic rings. The molecule has 2 N–H and O–H groups in total. The van der Waals surface area contributed by atoms with Crippen LogP contribution in [0.2, 0.25) is 0 Å². The first-order valence-corrected chi connectivity index (χ1v) is 13.3. The van der Waals surface area contributed by atoms with Gasteiger partial charge in [-0.15, -0.1) is 0 Å². The molecule has 0 saturated heterocycles. The SMILES string of the molecule is CC(C)c1cc(C=NC2CCCC2N=Cc2cc(C(C)C)cc(C(C)C)c2O)c(O)c(C(C)C)c1. The lowest BCUT2D eigenvalue weighted by Crippen LogP contribution is -2.16. The molecule has 2 unspecified atom stereocenters. The van der Waals surface area contributed by atoms with E-state index in [0.29, 0.717) is 23.3 Å². The Bertz CT molecular complexity index is 994. The molecule has 0 aromatic heterocycles. The van der Waals surface area contributed by atoms with Gasteiger partial charge in [0.05, 0.1) is 12.1 Å². The van der Waals surface area contributed by atoms with Crippen LogP contribution in [0.1, 0.15) is 132 Å². The molecule has 0 aliphatic heterocycles. The van der Waals surface area contributed by atoms with Crippen molar-refractivity contribution in [3.8, 4) is 11.5 Å². The van der Waals surface area contributed by atoms with E-state index in [1.165, 1.54) is 11.1 Å². The molecule has 0 amide bonds. The zero-order valence-corrected chi connectivity index (χ0v) is 22.8. The summed E-state index contributed by atoms with van der Waals surface area (Å²) in [6, 6.07) is 8.52. The van der Waals surface area contributed by atoms with Crippen LogP contribution in [0.4, 0.5) is 0 Å². The van der Waals surface area contributed by atoms with Crippen molar-refractivity contribution in [1.82, 2.24) is 0 Å². The minimum Gasteiger partial charge on any atom is -0.507 e. The fourth-order valence-corrected chi connectivity index (χ4v) is 4.77. The third-order valence-corrected chi connectivity index (χ3v) is 7.21. The summed E-state index contributed by atoms with van der Waals surface area (Å²) < 4.78 is 0. The molecule has 0 spiro atoms. The van der Waals surface area contributed by atoms with Crippen LogP contribution in [0, 0.1) is 0 Å². The van der Waals surface area contributed by atoms with Crippen molar-refractivity contribution in [2.45, 2.75) is 110 Å². The van der Waals surface area contributed by atoms with Crippen molar-refractivity contribution >= 4 is 12.4 Å². The van der Waals surface area contributed by atoms with Crippen molar-refractivity contribution in [1.29, 1.82) is 0 Å². The average molecular weight is 477 g/mol. The summed E-state index contributed by atoms with van der Waals surface area (Å²) in [4.78, 5) is 9.80. The number of phenols is 2. The maximum absolute atomic E-state index is 10.9. The lowest BCUT2D eigenvalue weighted by atomic mass is 9.92. The highest BCUT2D eigenvalue weighted by Gasteiger charge is 2.26. The summed E-state index contributed by atoms with van der Waals surface area (Å²) in [7, 11) is 0. The molecule has 2 atom stereocenters. The monoisotopic (exact) mass is 476 g/mol. The van der Waals surface area contributed by atoms with Gasteiger partial charge in [0, 0.05) is 23.6 Å². The topological polar surface area (TPSA) is 65.2 Å². The smallest absolute Gasteiger partial charge is 0.127 e. The van der Waals surface area contributed by atoms with Crippen molar-refractivity contribution < 1.29 is 10.2 Å². The normalized spacial score (nSPS) is 19.0. The summed E-state index contributed by atoms with van der Waals surface area (Å²) in [6.45, 7) is 17.1. The first-order chi connectivity index (χ1) is 16.5. The third-order valence-electron chi connectivity index (χ3n) is 7.21. The first kappa shape index (κ1) is 27.0. The van der Waals surface area contributed by atoms with Gasteiger partial charge in [0.2, 0.25) is 0 Å². The summed E-state index contributed by atoms with van der Waals surface area (Å²) in [5.41, 5.74) is 5.96. The van der Waals surface area contributed by atoms with Crippen LogP contribution in [-0.2, 0) is 0 Å². The highest BCUT2D eigenvalue weighted by molar-refractivity contribution is 5.86. The van der Waals surface area contributed by atoms with E-state index in [4.69, 9.17) is 9.98 Å². The molecular weight excluding hydrogens is 432 g/mol. The number of aliphatic imine (C=N–C) groups is 2. The lowest BCUT2D eigenvalue weighted by molar-refractivity contribution is 0.462. The highest BCUT2D eigenvalue weighted by atomic mass is 16.3. The molecule has 1 aliphatic carbocycles. The van der Waals surface area contributed by atoms with Crippen molar-refractivity contribution in [2.24, 2.45) is 9.98 Å². The minimum absolute atomic E-state index is 0.0795. The Morgan fingerprint density at radius 3 is 1.31 bits per heavy atom. The standard InChI is InChI=1S/C31H44N2O2/c1-18(2)22-12-24(30(34)26(14-22)20(5)6)16-32-28-10-9-11-29(28)33-17-25-13-23(19(3)4)15-27(21(7)8)31(25)35/h12-21,28-29,34-35H,9-11H2,1-8H3. The predicted octanol–water partition coefficient (Wildman–Crippen LogP) is 8.05. The van der Waals surface area contributed by atoms with Crippen molar-refractivity contribution in [2.75, 3.05) is 0 Å². The van der Waals surface area contributed by atoms with E-state index >= 15 is 0 Å². The zero-order valence-electron chi connectivity index (χ0n) is 22.8. The molecule has 3 rings (SSSR count).